The summed E-state index contributed by atoms with van der Waals surface area (Å²) in [6, 6.07) is 7.87. The molecule has 0 bridgehead atoms. The first kappa shape index (κ1) is 14.5. The van der Waals surface area contributed by atoms with Crippen LogP contribution in [-0.4, -0.2) is 17.2 Å². The predicted octanol–water partition coefficient (Wildman–Crippen LogP) is 3.54. The Morgan fingerprint density at radius 1 is 1.18 bits per heavy atom. The molecule has 0 spiro atoms. The quantitative estimate of drug-likeness (QED) is 0.815. The maximum atomic E-state index is 10.2. The van der Waals surface area contributed by atoms with Crippen molar-refractivity contribution in [1.29, 1.82) is 0 Å². The molecule has 0 saturated carbocycles. The zero-order chi connectivity index (χ0) is 12.8. The maximum Gasteiger partial charge on any atom is 0.0940 e. The summed E-state index contributed by atoms with van der Waals surface area (Å²) in [5.74, 6) is 0. The first-order valence-corrected chi connectivity index (χ1v) is 6.65. The Bertz CT molecular complexity index is 321. The van der Waals surface area contributed by atoms with E-state index in [0.717, 1.165) is 18.4 Å². The highest BCUT2D eigenvalue weighted by molar-refractivity contribution is 6.30. The van der Waals surface area contributed by atoms with Gasteiger partial charge in [-0.2, -0.15) is 0 Å². The molecule has 0 aromatic heterocycles. The summed E-state index contributed by atoms with van der Waals surface area (Å²) in [5.41, 5.74) is 0.903. The summed E-state index contributed by atoms with van der Waals surface area (Å²) < 4.78 is 0. The van der Waals surface area contributed by atoms with Gasteiger partial charge in [0.1, 0.15) is 0 Å². The van der Waals surface area contributed by atoms with E-state index in [1.54, 1.807) is 0 Å². The van der Waals surface area contributed by atoms with E-state index in [2.05, 4.69) is 19.2 Å². The lowest BCUT2D eigenvalue weighted by molar-refractivity contribution is 0.128. The SMILES string of the molecule is CCC(CC)NC(C)C(O)c1ccc(Cl)cc1. The molecule has 0 fully saturated rings. The van der Waals surface area contributed by atoms with Crippen molar-refractivity contribution in [2.75, 3.05) is 0 Å². The van der Waals surface area contributed by atoms with Crippen molar-refractivity contribution >= 4 is 11.6 Å². The smallest absolute Gasteiger partial charge is 0.0940 e. The van der Waals surface area contributed by atoms with Crippen LogP contribution < -0.4 is 5.32 Å². The minimum Gasteiger partial charge on any atom is -0.387 e. The lowest BCUT2D eigenvalue weighted by Gasteiger charge is -2.25. The third-order valence-electron chi connectivity index (χ3n) is 3.17. The van der Waals surface area contributed by atoms with Gasteiger partial charge in [-0.25, -0.2) is 0 Å². The molecule has 2 atom stereocenters. The molecule has 1 aromatic rings. The number of benzene rings is 1. The Kier molecular flexibility index (Phi) is 5.96. The number of hydrogen-bond donors (Lipinski definition) is 2. The van der Waals surface area contributed by atoms with E-state index in [0.29, 0.717) is 11.1 Å². The molecule has 0 aliphatic rings. The van der Waals surface area contributed by atoms with Crippen molar-refractivity contribution in [1.82, 2.24) is 5.32 Å². The standard InChI is InChI=1S/C14H22ClNO/c1-4-13(5-2)16-10(3)14(17)11-6-8-12(15)9-7-11/h6-10,13-14,16-17H,4-5H2,1-3H3. The molecular weight excluding hydrogens is 234 g/mol. The van der Waals surface area contributed by atoms with Gasteiger partial charge in [0.15, 0.2) is 0 Å². The molecule has 2 N–H and O–H groups in total. The van der Waals surface area contributed by atoms with Crippen molar-refractivity contribution in [2.45, 2.75) is 51.8 Å². The normalized spacial score (nSPS) is 14.9. The van der Waals surface area contributed by atoms with Gasteiger partial charge in [0.25, 0.3) is 0 Å². The number of rotatable bonds is 6. The van der Waals surface area contributed by atoms with Gasteiger partial charge < -0.3 is 10.4 Å². The van der Waals surface area contributed by atoms with Crippen LogP contribution in [0.5, 0.6) is 0 Å². The second-order valence-corrected chi connectivity index (χ2v) is 4.90. The Morgan fingerprint density at radius 3 is 2.18 bits per heavy atom. The Morgan fingerprint density at radius 2 is 1.71 bits per heavy atom. The zero-order valence-electron chi connectivity index (χ0n) is 10.8. The lowest BCUT2D eigenvalue weighted by atomic mass is 10.0. The van der Waals surface area contributed by atoms with Crippen molar-refractivity contribution in [2.24, 2.45) is 0 Å². The highest BCUT2D eigenvalue weighted by Crippen LogP contribution is 2.19. The van der Waals surface area contributed by atoms with Crippen LogP contribution in [0.15, 0.2) is 24.3 Å². The fourth-order valence-corrected chi connectivity index (χ4v) is 2.06. The second-order valence-electron chi connectivity index (χ2n) is 4.47. The van der Waals surface area contributed by atoms with Crippen LogP contribution in [-0.2, 0) is 0 Å². The molecule has 96 valence electrons. The highest BCUT2D eigenvalue weighted by Gasteiger charge is 2.18. The lowest BCUT2D eigenvalue weighted by Crippen LogP contribution is -2.39. The molecule has 1 aromatic carbocycles. The fraction of sp³-hybridized carbons (Fsp3) is 0.571. The number of hydrogen-bond acceptors (Lipinski definition) is 2. The predicted molar refractivity (Wildman–Crippen MR) is 73.4 cm³/mol. The van der Waals surface area contributed by atoms with Crippen LogP contribution in [0.3, 0.4) is 0 Å². The Hall–Kier alpha value is -0.570. The van der Waals surface area contributed by atoms with E-state index in [9.17, 15) is 5.11 Å². The summed E-state index contributed by atoms with van der Waals surface area (Å²) in [7, 11) is 0. The van der Waals surface area contributed by atoms with Gasteiger partial charge in [-0.05, 0) is 37.5 Å². The zero-order valence-corrected chi connectivity index (χ0v) is 11.5. The van der Waals surface area contributed by atoms with Gasteiger partial charge in [0.2, 0.25) is 0 Å². The topological polar surface area (TPSA) is 32.3 Å². The van der Waals surface area contributed by atoms with Crippen LogP contribution in [0.25, 0.3) is 0 Å². The van der Waals surface area contributed by atoms with Crippen LogP contribution in [0.2, 0.25) is 5.02 Å². The molecule has 0 aliphatic heterocycles. The van der Waals surface area contributed by atoms with E-state index < -0.39 is 6.10 Å². The first-order chi connectivity index (χ1) is 8.08. The van der Waals surface area contributed by atoms with Gasteiger partial charge in [-0.1, -0.05) is 37.6 Å². The Labute approximate surface area is 109 Å². The largest absolute Gasteiger partial charge is 0.387 e. The summed E-state index contributed by atoms with van der Waals surface area (Å²) in [4.78, 5) is 0. The van der Waals surface area contributed by atoms with E-state index in [-0.39, 0.29) is 6.04 Å². The third-order valence-corrected chi connectivity index (χ3v) is 3.42. The van der Waals surface area contributed by atoms with Gasteiger partial charge in [0.05, 0.1) is 6.10 Å². The molecule has 2 unspecified atom stereocenters. The molecule has 0 heterocycles. The van der Waals surface area contributed by atoms with Crippen LogP contribution >= 0.6 is 11.6 Å². The molecule has 2 nitrogen and oxygen atoms in total. The monoisotopic (exact) mass is 255 g/mol. The van der Waals surface area contributed by atoms with Gasteiger partial charge in [-0.15, -0.1) is 0 Å². The molecule has 1 rings (SSSR count). The van der Waals surface area contributed by atoms with Crippen LogP contribution in [0.4, 0.5) is 0 Å². The van der Waals surface area contributed by atoms with E-state index in [1.165, 1.54) is 0 Å². The average Bonchev–Trinajstić information content (AvgIpc) is 2.35. The number of nitrogens with one attached hydrogen (secondary N) is 1. The van der Waals surface area contributed by atoms with Gasteiger partial charge in [-0.3, -0.25) is 0 Å². The van der Waals surface area contributed by atoms with E-state index in [4.69, 9.17) is 11.6 Å². The summed E-state index contributed by atoms with van der Waals surface area (Å²) in [6.07, 6.45) is 1.66. The van der Waals surface area contributed by atoms with Crippen LogP contribution in [0.1, 0.15) is 45.3 Å². The molecule has 0 radical (unpaired) electrons. The molecule has 0 amide bonds. The van der Waals surface area contributed by atoms with E-state index >= 15 is 0 Å². The molecule has 17 heavy (non-hydrogen) atoms. The third kappa shape index (κ3) is 4.30. The van der Waals surface area contributed by atoms with E-state index in [1.807, 2.05) is 31.2 Å². The molecule has 3 heteroatoms. The minimum atomic E-state index is -0.493. The summed E-state index contributed by atoms with van der Waals surface area (Å²) >= 11 is 5.83. The summed E-state index contributed by atoms with van der Waals surface area (Å²) in [5, 5.41) is 14.4. The fourth-order valence-electron chi connectivity index (χ4n) is 1.94. The maximum absolute atomic E-state index is 10.2. The number of halogens is 1. The molecule has 0 saturated heterocycles. The minimum absolute atomic E-state index is 0.0427. The second kappa shape index (κ2) is 7.00. The van der Waals surface area contributed by atoms with Gasteiger partial charge >= 0.3 is 0 Å². The average molecular weight is 256 g/mol. The number of aliphatic hydroxyl groups excluding tert-OH is 1. The van der Waals surface area contributed by atoms with Crippen molar-refractivity contribution < 1.29 is 5.11 Å². The van der Waals surface area contributed by atoms with Crippen molar-refractivity contribution in [3.63, 3.8) is 0 Å². The highest BCUT2D eigenvalue weighted by atomic mass is 35.5. The van der Waals surface area contributed by atoms with Crippen molar-refractivity contribution in [3.05, 3.63) is 34.9 Å². The van der Waals surface area contributed by atoms with Crippen molar-refractivity contribution in [3.8, 4) is 0 Å². The summed E-state index contributed by atoms with van der Waals surface area (Å²) in [6.45, 7) is 6.32. The van der Waals surface area contributed by atoms with Crippen LogP contribution in [0, 0.1) is 0 Å². The number of aliphatic hydroxyl groups is 1. The first-order valence-electron chi connectivity index (χ1n) is 6.28. The molecule has 0 aliphatic carbocycles. The molecular formula is C14H22ClNO. The Balaban J connectivity index is 2.62. The van der Waals surface area contributed by atoms with Gasteiger partial charge in [0, 0.05) is 17.1 Å².